The topological polar surface area (TPSA) is 72.8 Å². The van der Waals surface area contributed by atoms with E-state index in [1.807, 2.05) is 0 Å². The molecule has 46 heavy (non-hydrogen) atoms. The van der Waals surface area contributed by atoms with Gasteiger partial charge in [-0.2, -0.15) is 0 Å². The first-order valence-corrected chi connectivity index (χ1v) is 20.3. The Morgan fingerprint density at radius 2 is 0.717 bits per heavy atom. The number of aliphatic hydroxyl groups is 1. The van der Waals surface area contributed by atoms with Gasteiger partial charge in [0, 0.05) is 12.8 Å². The summed E-state index contributed by atoms with van der Waals surface area (Å²) in [7, 11) is 0. The van der Waals surface area contributed by atoms with Crippen LogP contribution in [0.1, 0.15) is 220 Å². The molecule has 5 nitrogen and oxygen atoms in total. The van der Waals surface area contributed by atoms with Crippen LogP contribution in [0.2, 0.25) is 0 Å². The van der Waals surface area contributed by atoms with Gasteiger partial charge in [-0.15, -0.1) is 0 Å². The molecule has 0 saturated carbocycles. The zero-order valence-electron chi connectivity index (χ0n) is 31.4. The van der Waals surface area contributed by atoms with Crippen LogP contribution in [0.5, 0.6) is 0 Å². The molecule has 0 bridgehead atoms. The van der Waals surface area contributed by atoms with Crippen LogP contribution in [-0.2, 0) is 19.1 Å². The number of rotatable bonds is 36. The molecule has 5 heteroatoms. The van der Waals surface area contributed by atoms with E-state index >= 15 is 0 Å². The summed E-state index contributed by atoms with van der Waals surface area (Å²) in [6, 6.07) is 0. The van der Waals surface area contributed by atoms with Gasteiger partial charge in [0.25, 0.3) is 0 Å². The first-order valence-electron chi connectivity index (χ1n) is 20.3. The lowest BCUT2D eigenvalue weighted by Crippen LogP contribution is -2.28. The van der Waals surface area contributed by atoms with E-state index in [9.17, 15) is 14.7 Å². The molecular weight excluding hydrogens is 572 g/mol. The van der Waals surface area contributed by atoms with Gasteiger partial charge in [-0.25, -0.2) is 0 Å². The average molecular weight is 653 g/mol. The molecule has 0 aromatic carbocycles. The molecule has 0 aliphatic rings. The van der Waals surface area contributed by atoms with Gasteiger partial charge in [-0.3, -0.25) is 9.59 Å². The second-order valence-corrected chi connectivity index (χ2v) is 15.0. The predicted molar refractivity (Wildman–Crippen MR) is 196 cm³/mol. The van der Waals surface area contributed by atoms with E-state index in [4.69, 9.17) is 9.47 Å². The highest BCUT2D eigenvalue weighted by Crippen LogP contribution is 2.16. The Kier molecular flexibility index (Phi) is 34.4. The van der Waals surface area contributed by atoms with Crippen LogP contribution >= 0.6 is 0 Å². The number of ether oxygens (including phenoxy) is 2. The molecule has 0 aliphatic heterocycles. The Hall–Kier alpha value is -1.10. The quantitative estimate of drug-likeness (QED) is 0.0538. The number of esters is 2. The second-order valence-electron chi connectivity index (χ2n) is 15.0. The van der Waals surface area contributed by atoms with Crippen LogP contribution in [0.4, 0.5) is 0 Å². The Morgan fingerprint density at radius 3 is 1.02 bits per heavy atom. The standard InChI is InChI=1S/C41H80O5/c1-37(2)31-27-23-19-15-11-7-5-6-8-13-17-21-25-29-33-40(43)45-36-39(35-42)46-41(44)34-30-26-22-18-14-10-9-12-16-20-24-28-32-38(3)4/h37-39,42H,5-36H2,1-4H3/t39-/m1/s1. The molecular formula is C41H80O5. The summed E-state index contributed by atoms with van der Waals surface area (Å²) >= 11 is 0. The van der Waals surface area contributed by atoms with Crippen LogP contribution < -0.4 is 0 Å². The van der Waals surface area contributed by atoms with Crippen LogP contribution in [0.3, 0.4) is 0 Å². The van der Waals surface area contributed by atoms with Crippen molar-refractivity contribution in [1.29, 1.82) is 0 Å². The molecule has 0 aromatic heterocycles. The molecule has 0 heterocycles. The lowest BCUT2D eigenvalue weighted by Gasteiger charge is -2.15. The summed E-state index contributed by atoms with van der Waals surface area (Å²) in [5, 5.41) is 9.56. The minimum Gasteiger partial charge on any atom is -0.462 e. The number of carbonyl (C=O) groups is 2. The summed E-state index contributed by atoms with van der Waals surface area (Å²) in [5.41, 5.74) is 0. The van der Waals surface area contributed by atoms with Crippen molar-refractivity contribution in [1.82, 2.24) is 0 Å². The van der Waals surface area contributed by atoms with Crippen LogP contribution in [0, 0.1) is 11.8 Å². The molecule has 0 radical (unpaired) electrons. The molecule has 0 spiro atoms. The van der Waals surface area contributed by atoms with Crippen molar-refractivity contribution in [3.05, 3.63) is 0 Å². The third kappa shape index (κ3) is 35.7. The summed E-state index contributed by atoms with van der Waals surface area (Å²) in [5.74, 6) is 1.11. The first kappa shape index (κ1) is 44.9. The van der Waals surface area contributed by atoms with Gasteiger partial charge in [0.05, 0.1) is 6.61 Å². The third-order valence-corrected chi connectivity index (χ3v) is 9.26. The molecule has 1 atom stereocenters. The number of unbranched alkanes of at least 4 members (excludes halogenated alkanes) is 24. The highest BCUT2D eigenvalue weighted by molar-refractivity contribution is 5.70. The highest BCUT2D eigenvalue weighted by Gasteiger charge is 2.16. The van der Waals surface area contributed by atoms with Crippen molar-refractivity contribution in [3.63, 3.8) is 0 Å². The van der Waals surface area contributed by atoms with Crippen molar-refractivity contribution >= 4 is 11.9 Å². The third-order valence-electron chi connectivity index (χ3n) is 9.26. The van der Waals surface area contributed by atoms with Crippen molar-refractivity contribution in [2.75, 3.05) is 13.2 Å². The van der Waals surface area contributed by atoms with E-state index in [-0.39, 0.29) is 25.2 Å². The van der Waals surface area contributed by atoms with E-state index in [2.05, 4.69) is 27.7 Å². The molecule has 0 amide bonds. The van der Waals surface area contributed by atoms with E-state index in [0.29, 0.717) is 12.8 Å². The highest BCUT2D eigenvalue weighted by atomic mass is 16.6. The predicted octanol–water partition coefficient (Wildman–Crippen LogP) is 12.4. The fourth-order valence-corrected chi connectivity index (χ4v) is 6.16. The van der Waals surface area contributed by atoms with Crippen LogP contribution in [0.25, 0.3) is 0 Å². The zero-order valence-corrected chi connectivity index (χ0v) is 31.4. The number of hydrogen-bond donors (Lipinski definition) is 1. The van der Waals surface area contributed by atoms with Gasteiger partial charge in [-0.05, 0) is 24.7 Å². The number of carbonyl (C=O) groups excluding carboxylic acids is 2. The van der Waals surface area contributed by atoms with E-state index in [0.717, 1.165) is 43.9 Å². The molecule has 274 valence electrons. The summed E-state index contributed by atoms with van der Waals surface area (Å²) in [6.07, 6.45) is 35.9. The number of aliphatic hydroxyl groups excluding tert-OH is 1. The Bertz CT molecular complexity index is 647. The SMILES string of the molecule is CC(C)CCCCCCCCCCCCCCCCC(=O)OC[C@@H](CO)OC(=O)CCCCCCCCCCCCCCC(C)C. The fourth-order valence-electron chi connectivity index (χ4n) is 6.16. The van der Waals surface area contributed by atoms with E-state index < -0.39 is 6.10 Å². The van der Waals surface area contributed by atoms with Crippen molar-refractivity contribution in [3.8, 4) is 0 Å². The van der Waals surface area contributed by atoms with Gasteiger partial charge < -0.3 is 14.6 Å². The second kappa shape index (κ2) is 35.2. The lowest BCUT2D eigenvalue weighted by molar-refractivity contribution is -0.161. The average Bonchev–Trinajstić information content (AvgIpc) is 3.02. The van der Waals surface area contributed by atoms with Crippen molar-refractivity contribution in [2.45, 2.75) is 226 Å². The van der Waals surface area contributed by atoms with Crippen molar-refractivity contribution in [2.24, 2.45) is 11.8 Å². The van der Waals surface area contributed by atoms with E-state index in [1.165, 1.54) is 148 Å². The Balaban J connectivity index is 3.49. The van der Waals surface area contributed by atoms with Crippen LogP contribution in [0.15, 0.2) is 0 Å². The van der Waals surface area contributed by atoms with E-state index in [1.54, 1.807) is 0 Å². The van der Waals surface area contributed by atoms with Gasteiger partial charge in [0.2, 0.25) is 0 Å². The largest absolute Gasteiger partial charge is 0.462 e. The van der Waals surface area contributed by atoms with Gasteiger partial charge in [0.15, 0.2) is 6.10 Å². The normalized spacial score (nSPS) is 12.2. The lowest BCUT2D eigenvalue weighted by atomic mass is 10.0. The maximum atomic E-state index is 12.2. The maximum Gasteiger partial charge on any atom is 0.306 e. The smallest absolute Gasteiger partial charge is 0.306 e. The van der Waals surface area contributed by atoms with Gasteiger partial charge in [-0.1, -0.05) is 195 Å². The minimum atomic E-state index is -0.763. The maximum absolute atomic E-state index is 12.2. The van der Waals surface area contributed by atoms with Crippen molar-refractivity contribution < 1.29 is 24.2 Å². The number of hydrogen-bond acceptors (Lipinski definition) is 5. The zero-order chi connectivity index (χ0) is 33.9. The monoisotopic (exact) mass is 653 g/mol. The molecule has 0 aromatic rings. The molecule has 1 N–H and O–H groups in total. The fraction of sp³-hybridized carbons (Fsp3) is 0.951. The molecule has 0 fully saturated rings. The minimum absolute atomic E-state index is 0.0584. The molecule has 0 rings (SSSR count). The summed E-state index contributed by atoms with van der Waals surface area (Å²) in [4.78, 5) is 24.3. The molecule has 0 aliphatic carbocycles. The first-order chi connectivity index (χ1) is 22.3. The summed E-state index contributed by atoms with van der Waals surface area (Å²) in [6.45, 7) is 8.86. The molecule has 0 unspecified atom stereocenters. The molecule has 0 saturated heterocycles. The summed E-state index contributed by atoms with van der Waals surface area (Å²) < 4.78 is 10.6. The van der Waals surface area contributed by atoms with Gasteiger partial charge in [0.1, 0.15) is 6.61 Å². The Morgan fingerprint density at radius 1 is 0.435 bits per heavy atom. The van der Waals surface area contributed by atoms with Crippen LogP contribution in [-0.4, -0.2) is 36.4 Å². The Labute approximate surface area is 287 Å². The van der Waals surface area contributed by atoms with Gasteiger partial charge >= 0.3 is 11.9 Å².